The van der Waals surface area contributed by atoms with Gasteiger partial charge in [0.15, 0.2) is 11.5 Å². The van der Waals surface area contributed by atoms with Crippen LogP contribution < -0.4 is 25.4 Å². The number of carbonyl (C=O) groups excluding carboxylic acids is 2. The van der Waals surface area contributed by atoms with Gasteiger partial charge in [-0.3, -0.25) is 15.4 Å². The van der Waals surface area contributed by atoms with Crippen molar-refractivity contribution in [3.8, 4) is 11.5 Å². The summed E-state index contributed by atoms with van der Waals surface area (Å²) in [6.07, 6.45) is 0. The van der Waals surface area contributed by atoms with E-state index in [1.807, 2.05) is 48.5 Å². The number of hydrogen-bond acceptors (Lipinski definition) is 5. The second kappa shape index (κ2) is 8.35. The number of nitrogens with one attached hydrogen (secondary N) is 3. The number of fused-ring (bicyclic) bond motifs is 1. The minimum absolute atomic E-state index is 0.216. The number of hydrogen-bond donors (Lipinski definition) is 3. The molecule has 2 aromatic carbocycles. The van der Waals surface area contributed by atoms with E-state index in [4.69, 9.17) is 9.47 Å². The number of rotatable bonds is 6. The van der Waals surface area contributed by atoms with E-state index < -0.39 is 18.0 Å². The van der Waals surface area contributed by atoms with Gasteiger partial charge in [-0.2, -0.15) is 0 Å². The second-order valence-electron chi connectivity index (χ2n) is 5.76. The molecule has 1 heterocycles. The molecular formula is C19H21N3O4. The Kier molecular flexibility index (Phi) is 5.70. The van der Waals surface area contributed by atoms with Crippen LogP contribution in [0, 0.1) is 0 Å². The maximum atomic E-state index is 12.6. The fraction of sp³-hybridized carbons (Fsp3) is 0.263. The molecule has 136 valence electrons. The van der Waals surface area contributed by atoms with Crippen LogP contribution in [0.25, 0.3) is 0 Å². The summed E-state index contributed by atoms with van der Waals surface area (Å²) >= 11 is 0. The third kappa shape index (κ3) is 4.31. The fourth-order valence-corrected chi connectivity index (χ4v) is 2.67. The quantitative estimate of drug-likeness (QED) is 0.738. The van der Waals surface area contributed by atoms with Crippen LogP contribution in [0.1, 0.15) is 24.1 Å². The molecule has 0 fully saturated rings. The third-order valence-corrected chi connectivity index (χ3v) is 3.92. The number of ether oxygens (including phenoxy) is 2. The molecule has 7 heteroatoms. The van der Waals surface area contributed by atoms with Crippen LogP contribution in [0.2, 0.25) is 0 Å². The highest BCUT2D eigenvalue weighted by Crippen LogP contribution is 2.32. The monoisotopic (exact) mass is 355 g/mol. The molecule has 0 aliphatic carbocycles. The molecular weight excluding hydrogens is 334 g/mol. The summed E-state index contributed by atoms with van der Waals surface area (Å²) in [5, 5.41) is 8.12. The van der Waals surface area contributed by atoms with Gasteiger partial charge in [0, 0.05) is 13.1 Å². The Morgan fingerprint density at radius 2 is 1.85 bits per heavy atom. The van der Waals surface area contributed by atoms with E-state index in [9.17, 15) is 9.59 Å². The minimum atomic E-state index is -0.663. The number of carbonyl (C=O) groups is 2. The van der Waals surface area contributed by atoms with Crippen LogP contribution in [-0.2, 0) is 11.3 Å². The van der Waals surface area contributed by atoms with Crippen LogP contribution in [0.5, 0.6) is 11.5 Å². The number of urea groups is 1. The second-order valence-corrected chi connectivity index (χ2v) is 5.76. The van der Waals surface area contributed by atoms with Crippen molar-refractivity contribution < 1.29 is 19.1 Å². The molecule has 0 aromatic heterocycles. The summed E-state index contributed by atoms with van der Waals surface area (Å²) in [5.74, 6) is 0.984. The van der Waals surface area contributed by atoms with Gasteiger partial charge in [0.1, 0.15) is 6.04 Å². The average Bonchev–Trinajstić information content (AvgIpc) is 3.10. The van der Waals surface area contributed by atoms with Crippen LogP contribution in [0.15, 0.2) is 48.5 Å². The normalized spacial score (nSPS) is 13.1. The third-order valence-electron chi connectivity index (χ3n) is 3.92. The van der Waals surface area contributed by atoms with Crippen LogP contribution in [0.4, 0.5) is 4.79 Å². The predicted octanol–water partition coefficient (Wildman–Crippen LogP) is 2.09. The SMILES string of the molecule is CCNC(=O)NC(=O)C(NCc1ccc2c(c1)OCO2)c1ccccc1. The lowest BCUT2D eigenvalue weighted by Crippen LogP contribution is -2.44. The average molecular weight is 355 g/mol. The highest BCUT2D eigenvalue weighted by atomic mass is 16.7. The topological polar surface area (TPSA) is 88.7 Å². The Bertz CT molecular complexity index is 780. The summed E-state index contributed by atoms with van der Waals surface area (Å²) in [6, 6.07) is 13.7. The van der Waals surface area contributed by atoms with Gasteiger partial charge in [-0.1, -0.05) is 36.4 Å². The number of amides is 3. The van der Waals surface area contributed by atoms with E-state index in [-0.39, 0.29) is 6.79 Å². The van der Waals surface area contributed by atoms with Crippen LogP contribution >= 0.6 is 0 Å². The van der Waals surface area contributed by atoms with E-state index in [0.29, 0.717) is 24.6 Å². The Hall–Kier alpha value is -3.06. The molecule has 0 spiro atoms. The Morgan fingerprint density at radius 3 is 2.62 bits per heavy atom. The number of benzene rings is 2. The highest BCUT2D eigenvalue weighted by Gasteiger charge is 2.22. The maximum Gasteiger partial charge on any atom is 0.321 e. The minimum Gasteiger partial charge on any atom is -0.454 e. The lowest BCUT2D eigenvalue weighted by atomic mass is 10.1. The fourth-order valence-electron chi connectivity index (χ4n) is 2.67. The predicted molar refractivity (Wildman–Crippen MR) is 95.8 cm³/mol. The largest absolute Gasteiger partial charge is 0.454 e. The van der Waals surface area contributed by atoms with Gasteiger partial charge < -0.3 is 14.8 Å². The van der Waals surface area contributed by atoms with Gasteiger partial charge in [-0.15, -0.1) is 0 Å². The molecule has 26 heavy (non-hydrogen) atoms. The zero-order valence-corrected chi connectivity index (χ0v) is 14.5. The first-order valence-electron chi connectivity index (χ1n) is 8.43. The molecule has 7 nitrogen and oxygen atoms in total. The summed E-state index contributed by atoms with van der Waals surface area (Å²) in [6.45, 7) is 2.88. The first-order chi connectivity index (χ1) is 12.7. The van der Waals surface area contributed by atoms with Gasteiger partial charge in [-0.05, 0) is 30.2 Å². The molecule has 0 bridgehead atoms. The standard InChI is InChI=1S/C19H21N3O4/c1-2-20-19(24)22-18(23)17(14-6-4-3-5-7-14)21-11-13-8-9-15-16(10-13)26-12-25-15/h3-10,17,21H,2,11-12H2,1H3,(H2,20,22,23,24). The lowest BCUT2D eigenvalue weighted by Gasteiger charge is -2.18. The summed E-state index contributed by atoms with van der Waals surface area (Å²) in [5.41, 5.74) is 1.72. The van der Waals surface area contributed by atoms with E-state index >= 15 is 0 Å². The van der Waals surface area contributed by atoms with Gasteiger partial charge in [-0.25, -0.2) is 4.79 Å². The van der Waals surface area contributed by atoms with Crippen molar-refractivity contribution in [3.63, 3.8) is 0 Å². The Morgan fingerprint density at radius 1 is 1.08 bits per heavy atom. The van der Waals surface area contributed by atoms with Crippen molar-refractivity contribution in [2.24, 2.45) is 0 Å². The Balaban J connectivity index is 1.71. The van der Waals surface area contributed by atoms with Crippen LogP contribution in [-0.4, -0.2) is 25.3 Å². The molecule has 1 aliphatic rings. The van der Waals surface area contributed by atoms with Crippen molar-refractivity contribution in [2.75, 3.05) is 13.3 Å². The first kappa shape index (κ1) is 17.8. The van der Waals surface area contributed by atoms with Crippen molar-refractivity contribution in [2.45, 2.75) is 19.5 Å². The van der Waals surface area contributed by atoms with Crippen molar-refractivity contribution in [3.05, 3.63) is 59.7 Å². The molecule has 0 radical (unpaired) electrons. The smallest absolute Gasteiger partial charge is 0.321 e. The van der Waals surface area contributed by atoms with E-state index in [0.717, 1.165) is 11.1 Å². The Labute approximate surface area is 151 Å². The van der Waals surface area contributed by atoms with Gasteiger partial charge in [0.05, 0.1) is 0 Å². The van der Waals surface area contributed by atoms with Gasteiger partial charge in [0.2, 0.25) is 12.7 Å². The molecule has 1 atom stereocenters. The van der Waals surface area contributed by atoms with Crippen LogP contribution in [0.3, 0.4) is 0 Å². The van der Waals surface area contributed by atoms with E-state index in [2.05, 4.69) is 16.0 Å². The molecule has 2 aromatic rings. The molecule has 1 unspecified atom stereocenters. The number of imide groups is 1. The van der Waals surface area contributed by atoms with E-state index in [1.165, 1.54) is 0 Å². The van der Waals surface area contributed by atoms with Crippen molar-refractivity contribution in [1.82, 2.24) is 16.0 Å². The molecule has 0 saturated carbocycles. The molecule has 3 N–H and O–H groups in total. The first-order valence-corrected chi connectivity index (χ1v) is 8.43. The summed E-state index contributed by atoms with van der Waals surface area (Å²) in [4.78, 5) is 24.2. The zero-order chi connectivity index (χ0) is 18.4. The molecule has 1 aliphatic heterocycles. The van der Waals surface area contributed by atoms with Gasteiger partial charge >= 0.3 is 6.03 Å². The zero-order valence-electron chi connectivity index (χ0n) is 14.5. The van der Waals surface area contributed by atoms with Crippen molar-refractivity contribution in [1.29, 1.82) is 0 Å². The molecule has 3 amide bonds. The van der Waals surface area contributed by atoms with Gasteiger partial charge in [0.25, 0.3) is 0 Å². The lowest BCUT2D eigenvalue weighted by molar-refractivity contribution is -0.122. The van der Waals surface area contributed by atoms with Crippen molar-refractivity contribution >= 4 is 11.9 Å². The highest BCUT2D eigenvalue weighted by molar-refractivity contribution is 5.97. The molecule has 3 rings (SSSR count). The molecule has 0 saturated heterocycles. The maximum absolute atomic E-state index is 12.6. The summed E-state index contributed by atoms with van der Waals surface area (Å²) < 4.78 is 10.7. The summed E-state index contributed by atoms with van der Waals surface area (Å²) in [7, 11) is 0. The van der Waals surface area contributed by atoms with E-state index in [1.54, 1.807) is 6.92 Å².